The molecule has 8 heteroatoms. The number of thioether (sulfide) groups is 2. The number of nitrogens with zero attached hydrogens (tertiary/aromatic N) is 2. The third-order valence-electron chi connectivity index (χ3n) is 4.39. The molecule has 1 aromatic carbocycles. The highest BCUT2D eigenvalue weighted by molar-refractivity contribution is 8.21. The number of hydrogen-bond donors (Lipinski definition) is 1. The van der Waals surface area contributed by atoms with Crippen molar-refractivity contribution in [2.24, 2.45) is 5.10 Å². The molecule has 2 heterocycles. The van der Waals surface area contributed by atoms with Gasteiger partial charge >= 0.3 is 0 Å². The smallest absolute Gasteiger partial charge is 0.242 e. The lowest BCUT2D eigenvalue weighted by molar-refractivity contribution is -0.121. The SMILES string of the molecule is Cc1cc(/C=N\NC(=O)CC2(C)SCCS2)c(C)n1-c1ccc(Cl)cc1Cl. The van der Waals surface area contributed by atoms with Crippen LogP contribution in [0.15, 0.2) is 29.4 Å². The molecule has 0 bridgehead atoms. The topological polar surface area (TPSA) is 46.4 Å². The molecule has 27 heavy (non-hydrogen) atoms. The van der Waals surface area contributed by atoms with Crippen LogP contribution in [0, 0.1) is 13.8 Å². The molecule has 1 aliphatic heterocycles. The zero-order valence-corrected chi connectivity index (χ0v) is 18.5. The van der Waals surface area contributed by atoms with Crippen LogP contribution in [0.1, 0.15) is 30.3 Å². The summed E-state index contributed by atoms with van der Waals surface area (Å²) in [7, 11) is 0. The number of hydrogen-bond acceptors (Lipinski definition) is 4. The zero-order valence-electron chi connectivity index (χ0n) is 15.4. The Balaban J connectivity index is 1.72. The molecule has 0 unspecified atom stereocenters. The number of halogens is 2. The summed E-state index contributed by atoms with van der Waals surface area (Å²) >= 11 is 16.0. The Morgan fingerprint density at radius 2 is 2.00 bits per heavy atom. The predicted molar refractivity (Wildman–Crippen MR) is 119 cm³/mol. The number of rotatable bonds is 5. The number of amides is 1. The van der Waals surface area contributed by atoms with Gasteiger partial charge in [-0.1, -0.05) is 23.2 Å². The molecule has 1 aromatic heterocycles. The van der Waals surface area contributed by atoms with E-state index in [0.717, 1.165) is 34.1 Å². The Kier molecular flexibility index (Phi) is 6.51. The third-order valence-corrected chi connectivity index (χ3v) is 8.22. The van der Waals surface area contributed by atoms with Gasteiger partial charge in [0, 0.05) is 33.5 Å². The van der Waals surface area contributed by atoms with Crippen LogP contribution in [0.25, 0.3) is 5.69 Å². The van der Waals surface area contributed by atoms with Crippen molar-refractivity contribution in [2.45, 2.75) is 31.3 Å². The van der Waals surface area contributed by atoms with Gasteiger partial charge in [-0.05, 0) is 45.0 Å². The molecule has 0 atom stereocenters. The first-order valence-corrected chi connectivity index (χ1v) is 11.3. The standard InChI is InChI=1S/C19H21Cl2N3OS2/c1-12-8-14(11-22-23-18(25)10-19(3)26-6-7-27-19)13(2)24(12)17-5-4-15(20)9-16(17)21/h4-5,8-9,11H,6-7,10H2,1-3H3,(H,23,25)/b22-11-. The van der Waals surface area contributed by atoms with Crippen molar-refractivity contribution in [3.8, 4) is 5.69 Å². The van der Waals surface area contributed by atoms with Gasteiger partial charge in [-0.3, -0.25) is 4.79 Å². The van der Waals surface area contributed by atoms with Crippen molar-refractivity contribution in [3.63, 3.8) is 0 Å². The van der Waals surface area contributed by atoms with Crippen LogP contribution in [0.5, 0.6) is 0 Å². The highest BCUT2D eigenvalue weighted by Gasteiger charge is 2.32. The van der Waals surface area contributed by atoms with E-state index in [9.17, 15) is 4.79 Å². The van der Waals surface area contributed by atoms with Gasteiger partial charge in [0.2, 0.25) is 5.91 Å². The quantitative estimate of drug-likeness (QED) is 0.496. The zero-order chi connectivity index (χ0) is 19.6. The van der Waals surface area contributed by atoms with E-state index in [0.29, 0.717) is 16.5 Å². The summed E-state index contributed by atoms with van der Waals surface area (Å²) in [5, 5.41) is 5.33. The molecule has 3 rings (SSSR count). The van der Waals surface area contributed by atoms with E-state index >= 15 is 0 Å². The van der Waals surface area contributed by atoms with Crippen LogP contribution < -0.4 is 5.43 Å². The average molecular weight is 442 g/mol. The largest absolute Gasteiger partial charge is 0.316 e. The fourth-order valence-electron chi connectivity index (χ4n) is 3.12. The van der Waals surface area contributed by atoms with E-state index in [1.807, 2.05) is 55.6 Å². The minimum absolute atomic E-state index is 0.0409. The number of hydrazone groups is 1. The van der Waals surface area contributed by atoms with Gasteiger partial charge in [-0.2, -0.15) is 5.10 Å². The molecule has 144 valence electrons. The monoisotopic (exact) mass is 441 g/mol. The Labute approximate surface area is 178 Å². The van der Waals surface area contributed by atoms with E-state index in [4.69, 9.17) is 23.2 Å². The number of aromatic nitrogens is 1. The van der Waals surface area contributed by atoms with Crippen molar-refractivity contribution in [1.82, 2.24) is 9.99 Å². The third kappa shape index (κ3) is 4.86. The summed E-state index contributed by atoms with van der Waals surface area (Å²) in [6.45, 7) is 6.11. The van der Waals surface area contributed by atoms with Gasteiger partial charge in [-0.15, -0.1) is 23.5 Å². The molecule has 0 aliphatic carbocycles. The lowest BCUT2D eigenvalue weighted by atomic mass is 10.2. The van der Waals surface area contributed by atoms with E-state index in [2.05, 4.69) is 22.0 Å². The summed E-state index contributed by atoms with van der Waals surface area (Å²) in [6.07, 6.45) is 2.14. The van der Waals surface area contributed by atoms with E-state index in [1.165, 1.54) is 0 Å². The summed E-state index contributed by atoms with van der Waals surface area (Å²) in [4.78, 5) is 12.2. The molecule has 0 saturated carbocycles. The van der Waals surface area contributed by atoms with Crippen LogP contribution in [0.3, 0.4) is 0 Å². The molecular formula is C19H21Cl2N3OS2. The minimum atomic E-state index is -0.0646. The van der Waals surface area contributed by atoms with Crippen LogP contribution in [0.2, 0.25) is 10.0 Å². The normalized spacial score (nSPS) is 16.2. The summed E-state index contributed by atoms with van der Waals surface area (Å²) in [5.41, 5.74) is 6.45. The number of carbonyl (C=O) groups excluding carboxylic acids is 1. The number of nitrogens with one attached hydrogen (secondary N) is 1. The molecule has 1 fully saturated rings. The molecule has 1 amide bonds. The second kappa shape index (κ2) is 8.52. The lowest BCUT2D eigenvalue weighted by Crippen LogP contribution is -2.26. The number of benzene rings is 1. The highest BCUT2D eigenvalue weighted by Crippen LogP contribution is 2.45. The highest BCUT2D eigenvalue weighted by atomic mass is 35.5. The first kappa shape index (κ1) is 20.6. The Hall–Kier alpha value is -1.08. The first-order valence-electron chi connectivity index (χ1n) is 8.53. The maximum absolute atomic E-state index is 12.2. The Morgan fingerprint density at radius 3 is 2.67 bits per heavy atom. The fourth-order valence-corrected chi connectivity index (χ4v) is 6.44. The van der Waals surface area contributed by atoms with Gasteiger partial charge in [0.1, 0.15) is 0 Å². The van der Waals surface area contributed by atoms with E-state index in [-0.39, 0.29) is 9.99 Å². The fraction of sp³-hybridized carbons (Fsp3) is 0.368. The van der Waals surface area contributed by atoms with Gasteiger partial charge < -0.3 is 4.57 Å². The number of aryl methyl sites for hydroxylation is 1. The first-order chi connectivity index (χ1) is 12.8. The Bertz CT molecular complexity index is 889. The minimum Gasteiger partial charge on any atom is -0.316 e. The molecule has 0 radical (unpaired) electrons. The lowest BCUT2D eigenvalue weighted by Gasteiger charge is -2.19. The maximum atomic E-state index is 12.2. The van der Waals surface area contributed by atoms with Gasteiger partial charge in [-0.25, -0.2) is 5.43 Å². The molecule has 2 aromatic rings. The van der Waals surface area contributed by atoms with Crippen molar-refractivity contribution in [2.75, 3.05) is 11.5 Å². The Morgan fingerprint density at radius 1 is 1.30 bits per heavy atom. The second-order valence-electron chi connectivity index (χ2n) is 6.56. The number of carbonyl (C=O) groups is 1. The summed E-state index contributed by atoms with van der Waals surface area (Å²) in [6, 6.07) is 7.45. The van der Waals surface area contributed by atoms with E-state index < -0.39 is 0 Å². The molecule has 1 saturated heterocycles. The van der Waals surface area contributed by atoms with Crippen molar-refractivity contribution in [1.29, 1.82) is 0 Å². The maximum Gasteiger partial charge on any atom is 0.242 e. The summed E-state index contributed by atoms with van der Waals surface area (Å²) in [5.74, 6) is 2.12. The van der Waals surface area contributed by atoms with Crippen molar-refractivity contribution < 1.29 is 4.79 Å². The molecule has 1 N–H and O–H groups in total. The van der Waals surface area contributed by atoms with Crippen molar-refractivity contribution >= 4 is 58.8 Å². The predicted octanol–water partition coefficient (Wildman–Crippen LogP) is 5.44. The van der Waals surface area contributed by atoms with Crippen LogP contribution in [-0.2, 0) is 4.79 Å². The molecule has 1 aliphatic rings. The molecule has 0 spiro atoms. The van der Waals surface area contributed by atoms with Crippen LogP contribution in [0.4, 0.5) is 0 Å². The molecular weight excluding hydrogens is 421 g/mol. The van der Waals surface area contributed by atoms with E-state index in [1.54, 1.807) is 12.3 Å². The van der Waals surface area contributed by atoms with Gasteiger partial charge in [0.15, 0.2) is 0 Å². The molecule has 4 nitrogen and oxygen atoms in total. The van der Waals surface area contributed by atoms with Crippen molar-refractivity contribution in [3.05, 3.63) is 51.3 Å². The summed E-state index contributed by atoms with van der Waals surface area (Å²) < 4.78 is 2.01. The van der Waals surface area contributed by atoms with Crippen LogP contribution in [-0.4, -0.2) is 32.3 Å². The van der Waals surface area contributed by atoms with Gasteiger partial charge in [0.05, 0.1) is 27.4 Å². The van der Waals surface area contributed by atoms with Gasteiger partial charge in [0.25, 0.3) is 0 Å². The average Bonchev–Trinajstić information content (AvgIpc) is 3.12. The van der Waals surface area contributed by atoms with Crippen LogP contribution >= 0.6 is 46.7 Å². The second-order valence-corrected chi connectivity index (χ2v) is 10.9.